The number of thiocarbonyl (C=S) groups is 1. The van der Waals surface area contributed by atoms with E-state index in [4.69, 9.17) is 30.5 Å². The lowest BCUT2D eigenvalue weighted by Gasteiger charge is -2.59. The van der Waals surface area contributed by atoms with Gasteiger partial charge in [0, 0.05) is 23.5 Å². The second-order valence-corrected chi connectivity index (χ2v) is 9.32. The molecular weight excluding hydrogens is 403 g/mol. The van der Waals surface area contributed by atoms with Gasteiger partial charge in [-0.2, -0.15) is 0 Å². The third kappa shape index (κ3) is 3.88. The number of aromatic nitrogens is 1. The fraction of sp³-hybridized carbons (Fsp3) is 0.500. The van der Waals surface area contributed by atoms with Crippen molar-refractivity contribution in [2.75, 3.05) is 19.0 Å². The van der Waals surface area contributed by atoms with E-state index in [2.05, 4.69) is 15.6 Å². The highest BCUT2D eigenvalue weighted by Gasteiger charge is 2.56. The molecule has 3 aliphatic carbocycles. The Morgan fingerprint density at radius 3 is 2.72 bits per heavy atom. The minimum absolute atomic E-state index is 0.153. The minimum atomic E-state index is -1.05. The molecule has 1 heterocycles. The van der Waals surface area contributed by atoms with Crippen LogP contribution in [-0.4, -0.2) is 48.3 Å². The molecule has 6 nitrogen and oxygen atoms in total. The van der Waals surface area contributed by atoms with Gasteiger partial charge >= 0.3 is 0 Å². The molecule has 9 heteroatoms. The quantitative estimate of drug-likeness (QED) is 0.430. The van der Waals surface area contributed by atoms with Crippen molar-refractivity contribution < 1.29 is 9.84 Å². The van der Waals surface area contributed by atoms with E-state index < -0.39 is 17.0 Å². The van der Waals surface area contributed by atoms with E-state index in [0.29, 0.717) is 10.2 Å². The summed E-state index contributed by atoms with van der Waals surface area (Å²) in [5.74, 6) is 0.958. The molecule has 2 radical (unpaired) electrons. The summed E-state index contributed by atoms with van der Waals surface area (Å²) in [4.78, 5) is 4.58. The average Bonchev–Trinajstić information content (AvgIpc) is 3.19. The van der Waals surface area contributed by atoms with Crippen LogP contribution in [0.4, 0.5) is 5.13 Å². The lowest BCUT2D eigenvalue weighted by Crippen LogP contribution is -2.68. The zero-order valence-corrected chi connectivity index (χ0v) is 18.0. The van der Waals surface area contributed by atoms with Crippen molar-refractivity contribution in [2.24, 2.45) is 11.7 Å². The Bertz CT molecular complexity index is 883. The molecule has 2 aromatic rings. The molecule has 152 valence electrons. The van der Waals surface area contributed by atoms with E-state index in [1.54, 1.807) is 7.11 Å². The number of benzene rings is 1. The number of nitrogens with two attached hydrogens (primary N) is 1. The Labute approximate surface area is 181 Å². The van der Waals surface area contributed by atoms with Gasteiger partial charge < -0.3 is 26.2 Å². The first kappa shape index (κ1) is 20.6. The highest BCUT2D eigenvalue weighted by molar-refractivity contribution is 7.80. The SMILES string of the molecule is [B]C12CCC(CC1)C(O)(CNC(=S)Nc1nc(-c3ccc(OC)cc3)cs1)C2N. The topological polar surface area (TPSA) is 92.4 Å². The van der Waals surface area contributed by atoms with E-state index in [1.807, 2.05) is 29.6 Å². The Balaban J connectivity index is 1.36. The molecular formula is C20H25BN4O2S2. The van der Waals surface area contributed by atoms with Crippen LogP contribution in [0.1, 0.15) is 25.7 Å². The van der Waals surface area contributed by atoms with Crippen molar-refractivity contribution in [1.82, 2.24) is 10.3 Å². The van der Waals surface area contributed by atoms with Gasteiger partial charge in [-0.25, -0.2) is 4.98 Å². The Kier molecular flexibility index (Phi) is 5.59. The average molecular weight is 428 g/mol. The summed E-state index contributed by atoms with van der Waals surface area (Å²) in [5.41, 5.74) is 7.17. The number of thiazole rings is 1. The summed E-state index contributed by atoms with van der Waals surface area (Å²) < 4.78 is 5.19. The van der Waals surface area contributed by atoms with Crippen LogP contribution in [-0.2, 0) is 0 Å². The Morgan fingerprint density at radius 1 is 1.38 bits per heavy atom. The first-order chi connectivity index (χ1) is 13.8. The molecule has 1 aromatic carbocycles. The van der Waals surface area contributed by atoms with Gasteiger partial charge in [0.05, 0.1) is 26.3 Å². The number of anilines is 1. The number of nitrogens with zero attached hydrogens (tertiary/aromatic N) is 1. The molecule has 2 unspecified atom stereocenters. The largest absolute Gasteiger partial charge is 0.497 e. The lowest BCUT2D eigenvalue weighted by atomic mass is 9.44. The van der Waals surface area contributed by atoms with Crippen molar-refractivity contribution >= 4 is 41.6 Å². The summed E-state index contributed by atoms with van der Waals surface area (Å²) >= 11 is 6.88. The van der Waals surface area contributed by atoms with Gasteiger partial charge in [-0.1, -0.05) is 12.8 Å². The first-order valence-corrected chi connectivity index (χ1v) is 11.0. The summed E-state index contributed by atoms with van der Waals surface area (Å²) in [7, 11) is 8.09. The summed E-state index contributed by atoms with van der Waals surface area (Å²) in [5, 5.41) is 20.0. The van der Waals surface area contributed by atoms with Gasteiger partial charge in [0.25, 0.3) is 0 Å². The fourth-order valence-corrected chi connectivity index (χ4v) is 5.52. The maximum absolute atomic E-state index is 11.2. The van der Waals surface area contributed by atoms with E-state index >= 15 is 0 Å². The smallest absolute Gasteiger partial charge is 0.189 e. The van der Waals surface area contributed by atoms with Gasteiger partial charge in [0.15, 0.2) is 10.2 Å². The molecule has 0 amide bonds. The third-order valence-electron chi connectivity index (χ3n) is 6.42. The standard InChI is InChI=1S/C20H25BN4O2S2/c1-27-14-4-2-12(3-5-14)15-10-29-18(24-15)25-17(28)23-11-20(26)13-6-8-19(21,9-7-13)16(20)22/h2-5,10,13,16,26H,6-9,11,22H2,1H3,(H2,23,24,25,28). The van der Waals surface area contributed by atoms with Crippen LogP contribution < -0.4 is 21.1 Å². The van der Waals surface area contributed by atoms with Crippen LogP contribution in [0.5, 0.6) is 5.75 Å². The highest BCUT2D eigenvalue weighted by Crippen LogP contribution is 2.56. The van der Waals surface area contributed by atoms with E-state index in [-0.39, 0.29) is 12.5 Å². The molecule has 5 rings (SSSR count). The molecule has 29 heavy (non-hydrogen) atoms. The molecule has 0 saturated heterocycles. The van der Waals surface area contributed by atoms with E-state index in [1.165, 1.54) is 11.3 Å². The van der Waals surface area contributed by atoms with Gasteiger partial charge in [0.1, 0.15) is 5.75 Å². The summed E-state index contributed by atoms with van der Waals surface area (Å²) in [6, 6.07) is 7.28. The molecule has 1 aromatic heterocycles. The summed E-state index contributed by atoms with van der Waals surface area (Å²) in [6.07, 6.45) is 3.55. The number of hydrogen-bond donors (Lipinski definition) is 4. The van der Waals surface area contributed by atoms with Crippen LogP contribution in [0.2, 0.25) is 5.31 Å². The predicted octanol–water partition coefficient (Wildman–Crippen LogP) is 2.69. The first-order valence-electron chi connectivity index (χ1n) is 9.76. The van der Waals surface area contributed by atoms with Crippen LogP contribution >= 0.6 is 23.6 Å². The van der Waals surface area contributed by atoms with E-state index in [9.17, 15) is 5.11 Å². The monoisotopic (exact) mass is 428 g/mol. The number of fused-ring (bicyclic) bond motifs is 3. The van der Waals surface area contributed by atoms with Crippen LogP contribution in [0.15, 0.2) is 29.6 Å². The van der Waals surface area contributed by atoms with Crippen LogP contribution in [0.3, 0.4) is 0 Å². The normalized spacial score (nSPS) is 30.7. The molecule has 2 bridgehead atoms. The number of hydrogen-bond acceptors (Lipinski definition) is 6. The Hall–Kier alpha value is -1.68. The van der Waals surface area contributed by atoms with Gasteiger partial charge in [-0.15, -0.1) is 11.3 Å². The maximum Gasteiger partial charge on any atom is 0.189 e. The zero-order valence-electron chi connectivity index (χ0n) is 16.4. The molecule has 0 aliphatic heterocycles. The Morgan fingerprint density at radius 2 is 2.07 bits per heavy atom. The molecule has 2 atom stereocenters. The molecule has 3 aliphatic rings. The lowest BCUT2D eigenvalue weighted by molar-refractivity contribution is -0.104. The van der Waals surface area contributed by atoms with Gasteiger partial charge in [-0.05, 0) is 60.6 Å². The zero-order chi connectivity index (χ0) is 20.6. The number of rotatable bonds is 5. The molecule has 3 saturated carbocycles. The van der Waals surface area contributed by atoms with Crippen LogP contribution in [0.25, 0.3) is 11.3 Å². The van der Waals surface area contributed by atoms with Crippen molar-refractivity contribution in [2.45, 2.75) is 42.6 Å². The van der Waals surface area contributed by atoms with Gasteiger partial charge in [-0.3, -0.25) is 0 Å². The fourth-order valence-electron chi connectivity index (χ4n) is 4.56. The number of aliphatic hydroxyl groups is 1. The number of methoxy groups -OCH3 is 1. The van der Waals surface area contributed by atoms with Crippen LogP contribution in [0, 0.1) is 5.92 Å². The second kappa shape index (κ2) is 7.87. The third-order valence-corrected chi connectivity index (χ3v) is 7.43. The number of nitrogens with one attached hydrogen (secondary N) is 2. The van der Waals surface area contributed by atoms with Crippen molar-refractivity contribution in [3.8, 4) is 17.0 Å². The maximum atomic E-state index is 11.2. The predicted molar refractivity (Wildman–Crippen MR) is 122 cm³/mol. The van der Waals surface area contributed by atoms with Crippen molar-refractivity contribution in [1.29, 1.82) is 0 Å². The highest BCUT2D eigenvalue weighted by atomic mass is 32.1. The van der Waals surface area contributed by atoms with Crippen molar-refractivity contribution in [3.05, 3.63) is 29.6 Å². The molecule has 5 N–H and O–H groups in total. The molecule has 3 fully saturated rings. The summed E-state index contributed by atoms with van der Waals surface area (Å²) in [6.45, 7) is 0.278. The van der Waals surface area contributed by atoms with E-state index in [0.717, 1.165) is 42.7 Å². The van der Waals surface area contributed by atoms with Gasteiger partial charge in [0.2, 0.25) is 0 Å². The minimum Gasteiger partial charge on any atom is -0.497 e. The molecule has 0 spiro atoms. The van der Waals surface area contributed by atoms with Crippen molar-refractivity contribution in [3.63, 3.8) is 0 Å². The second-order valence-electron chi connectivity index (χ2n) is 8.05. The number of ether oxygens (including phenoxy) is 1.